The molecule has 0 aliphatic carbocycles. The van der Waals surface area contributed by atoms with Crippen LogP contribution in [0.4, 0.5) is 0 Å². The topological polar surface area (TPSA) is 0 Å². The first kappa shape index (κ1) is 25.5. The normalized spacial score (nSPS) is 10.8. The van der Waals surface area contributed by atoms with Gasteiger partial charge >= 0.3 is 219 Å². The maximum atomic E-state index is 5.81. The van der Waals surface area contributed by atoms with Crippen LogP contribution in [0.3, 0.4) is 0 Å². The van der Waals surface area contributed by atoms with Gasteiger partial charge in [-0.05, 0) is 0 Å². The molecular weight excluding hydrogens is 690 g/mol. The second-order valence-electron chi connectivity index (χ2n) is 6.96. The van der Waals surface area contributed by atoms with Gasteiger partial charge in [-0.1, -0.05) is 0 Å². The van der Waals surface area contributed by atoms with E-state index < -0.39 is 17.4 Å². The van der Waals surface area contributed by atoms with Gasteiger partial charge in [0.1, 0.15) is 0 Å². The number of hydrogen-bond donors (Lipinski definition) is 0. The van der Waals surface area contributed by atoms with Crippen LogP contribution >= 0.6 is 62.2 Å². The van der Waals surface area contributed by atoms with Crippen LogP contribution in [0.5, 0.6) is 0 Å². The van der Waals surface area contributed by atoms with Gasteiger partial charge in [0.15, 0.2) is 0 Å². The van der Waals surface area contributed by atoms with E-state index in [2.05, 4.69) is 93.6 Å². The molecule has 0 fully saturated rings. The van der Waals surface area contributed by atoms with Gasteiger partial charge in [-0.15, -0.1) is 0 Å². The molecule has 0 radical (unpaired) electrons. The standard InChI is InChI=1S/3C8H8S2.Bi/c3*1-6-2-4-7(5-3-6)8(9)10;/h3*2-5H,1H3,(H,9,10);/q;;;+3/p-3. The van der Waals surface area contributed by atoms with Crippen molar-refractivity contribution in [3.63, 3.8) is 0 Å². The summed E-state index contributed by atoms with van der Waals surface area (Å²) < 4.78 is 2.82. The van der Waals surface area contributed by atoms with Crippen LogP contribution in [0.2, 0.25) is 0 Å². The number of benzene rings is 3. The maximum absolute atomic E-state index is 5.81. The monoisotopic (exact) mass is 710 g/mol. The third-order valence-electron chi connectivity index (χ3n) is 4.33. The molecule has 3 rings (SSSR count). The second-order valence-corrected chi connectivity index (χ2v) is 34.6. The van der Waals surface area contributed by atoms with Crippen LogP contribution in [0.1, 0.15) is 33.4 Å². The van der Waals surface area contributed by atoms with Crippen molar-refractivity contribution < 1.29 is 0 Å². The van der Waals surface area contributed by atoms with E-state index >= 15 is 0 Å². The number of thiocarbonyl (C=S) groups is 3. The first-order valence-electron chi connectivity index (χ1n) is 9.49. The van der Waals surface area contributed by atoms with Crippen molar-refractivity contribution in [1.29, 1.82) is 0 Å². The van der Waals surface area contributed by atoms with Gasteiger partial charge in [0.05, 0.1) is 0 Å². The van der Waals surface area contributed by atoms with Gasteiger partial charge < -0.3 is 0 Å². The summed E-state index contributed by atoms with van der Waals surface area (Å²) in [5, 5.41) is 0. The van der Waals surface area contributed by atoms with E-state index in [0.29, 0.717) is 0 Å². The molecular formula is C24H21BiS6. The van der Waals surface area contributed by atoms with Crippen LogP contribution in [-0.2, 0) is 0 Å². The Morgan fingerprint density at radius 1 is 0.484 bits per heavy atom. The third kappa shape index (κ3) is 7.99. The van der Waals surface area contributed by atoms with E-state index in [0.717, 1.165) is 29.3 Å². The Balaban J connectivity index is 1.78. The summed E-state index contributed by atoms with van der Waals surface area (Å²) in [5.41, 5.74) is 7.03. The van der Waals surface area contributed by atoms with Gasteiger partial charge in [0.2, 0.25) is 0 Å². The molecule has 3 aromatic rings. The zero-order valence-electron chi connectivity index (χ0n) is 17.3. The Morgan fingerprint density at radius 3 is 0.935 bits per heavy atom. The fraction of sp³-hybridized carbons (Fsp3) is 0.125. The van der Waals surface area contributed by atoms with E-state index in [1.54, 1.807) is 0 Å². The molecule has 7 heteroatoms. The van der Waals surface area contributed by atoms with Crippen molar-refractivity contribution in [2.75, 3.05) is 0 Å². The molecule has 0 N–H and O–H groups in total. The molecule has 0 aromatic heterocycles. The van der Waals surface area contributed by atoms with Crippen LogP contribution in [0.25, 0.3) is 0 Å². The first-order chi connectivity index (χ1) is 14.8. The fourth-order valence-corrected chi connectivity index (χ4v) is 41.9. The summed E-state index contributed by atoms with van der Waals surface area (Å²) in [6.07, 6.45) is 0. The SMILES string of the molecule is Cc1ccc(C(=S)[S][Bi]([S]C(=S)c2ccc(C)cc2)[S]C(=S)c2ccc(C)cc2)cc1. The number of hydrogen-bond acceptors (Lipinski definition) is 6. The van der Waals surface area contributed by atoms with Gasteiger partial charge in [0.25, 0.3) is 0 Å². The molecule has 0 amide bonds. The minimum atomic E-state index is -2.40. The molecule has 0 saturated heterocycles. The number of aryl methyl sites for hydroxylation is 3. The predicted molar refractivity (Wildman–Crippen MR) is 157 cm³/mol. The zero-order valence-corrected chi connectivity index (χ0v) is 25.7. The Hall–Kier alpha value is -0.137. The summed E-state index contributed by atoms with van der Waals surface area (Å²) in [6, 6.07) is 25.3. The minimum absolute atomic E-state index is 0.941. The summed E-state index contributed by atoms with van der Waals surface area (Å²) in [4.78, 5) is 0. The van der Waals surface area contributed by atoms with Gasteiger partial charge in [0, 0.05) is 0 Å². The Labute approximate surface area is 216 Å². The average Bonchev–Trinajstić information content (AvgIpc) is 2.75. The quantitative estimate of drug-likeness (QED) is 0.186. The van der Waals surface area contributed by atoms with Crippen molar-refractivity contribution in [2.24, 2.45) is 0 Å². The van der Waals surface area contributed by atoms with Crippen LogP contribution in [0.15, 0.2) is 72.8 Å². The zero-order chi connectivity index (χ0) is 22.4. The van der Waals surface area contributed by atoms with E-state index in [1.807, 2.05) is 25.6 Å². The van der Waals surface area contributed by atoms with Crippen molar-refractivity contribution in [3.05, 3.63) is 106 Å². The van der Waals surface area contributed by atoms with Gasteiger partial charge in [-0.3, -0.25) is 0 Å². The molecule has 0 atom stereocenters. The van der Waals surface area contributed by atoms with Gasteiger partial charge in [-0.2, -0.15) is 0 Å². The Kier molecular flexibility index (Phi) is 10.2. The molecule has 158 valence electrons. The number of rotatable bonds is 6. The van der Waals surface area contributed by atoms with Gasteiger partial charge in [-0.25, -0.2) is 0 Å². The molecule has 0 bridgehead atoms. The second kappa shape index (κ2) is 12.4. The summed E-state index contributed by atoms with van der Waals surface area (Å²) >= 11 is 15.0. The van der Waals surface area contributed by atoms with E-state index in [9.17, 15) is 0 Å². The molecule has 0 heterocycles. The van der Waals surface area contributed by atoms with Crippen molar-refractivity contribution in [1.82, 2.24) is 0 Å². The van der Waals surface area contributed by atoms with Crippen LogP contribution < -0.4 is 0 Å². The van der Waals surface area contributed by atoms with E-state index in [-0.39, 0.29) is 0 Å². The van der Waals surface area contributed by atoms with E-state index in [1.165, 1.54) is 16.7 Å². The Bertz CT molecular complexity index is 931. The summed E-state index contributed by atoms with van der Waals surface area (Å²) in [5.74, 6) is 0. The molecule has 3 aromatic carbocycles. The molecule has 0 saturated carbocycles. The molecule has 0 unspecified atom stereocenters. The molecule has 0 aliphatic rings. The molecule has 0 aliphatic heterocycles. The predicted octanol–water partition coefficient (Wildman–Crippen LogP) is 8.22. The van der Waals surface area contributed by atoms with Crippen molar-refractivity contribution >= 4 is 92.2 Å². The van der Waals surface area contributed by atoms with Crippen molar-refractivity contribution in [3.8, 4) is 0 Å². The Morgan fingerprint density at radius 2 is 0.710 bits per heavy atom. The molecule has 0 nitrogen and oxygen atoms in total. The van der Waals surface area contributed by atoms with Crippen molar-refractivity contribution in [2.45, 2.75) is 20.8 Å². The molecule has 0 spiro atoms. The van der Waals surface area contributed by atoms with Crippen LogP contribution in [0, 0.1) is 20.8 Å². The van der Waals surface area contributed by atoms with E-state index in [4.69, 9.17) is 36.7 Å². The molecule has 31 heavy (non-hydrogen) atoms. The first-order valence-corrected chi connectivity index (χ1v) is 25.8. The summed E-state index contributed by atoms with van der Waals surface area (Å²) in [6.45, 7) is 6.27. The average molecular weight is 711 g/mol. The van der Waals surface area contributed by atoms with Crippen LogP contribution in [-0.4, -0.2) is 29.9 Å². The fourth-order valence-electron chi connectivity index (χ4n) is 2.49. The third-order valence-corrected chi connectivity index (χ3v) is 35.4. The summed E-state index contributed by atoms with van der Waals surface area (Å²) in [7, 11) is 5.53.